The quantitative estimate of drug-likeness (QED) is 0.497. The Hall–Kier alpha value is -2.02. The Morgan fingerprint density at radius 3 is 2.86 bits per heavy atom. The van der Waals surface area contributed by atoms with E-state index >= 15 is 0 Å². The monoisotopic (exact) mass is 191 g/mol. The van der Waals surface area contributed by atoms with Crippen LogP contribution in [0, 0.1) is 6.92 Å². The van der Waals surface area contributed by atoms with Gasteiger partial charge in [0.05, 0.1) is 0 Å². The number of anilines is 1. The SMILES string of the molecule is Cc1c(NN)ncnc1-n1cncn1. The van der Waals surface area contributed by atoms with Crippen LogP contribution < -0.4 is 11.3 Å². The van der Waals surface area contributed by atoms with Crippen LogP contribution in [0.1, 0.15) is 5.56 Å². The lowest BCUT2D eigenvalue weighted by Gasteiger charge is -2.07. The smallest absolute Gasteiger partial charge is 0.163 e. The molecule has 3 N–H and O–H groups in total. The maximum atomic E-state index is 5.29. The standard InChI is InChI=1S/C7H9N7/c1-5-6(13-8)10-3-11-7(5)14-4-9-2-12-14/h2-4H,8H2,1H3,(H,10,11,13). The number of hydrogen-bond donors (Lipinski definition) is 2. The third kappa shape index (κ3) is 1.29. The first-order valence-corrected chi connectivity index (χ1v) is 3.96. The molecule has 0 unspecified atom stereocenters. The van der Waals surface area contributed by atoms with Crippen LogP contribution in [-0.2, 0) is 0 Å². The Balaban J connectivity index is 2.54. The number of hydrazine groups is 1. The highest BCUT2D eigenvalue weighted by atomic mass is 15.4. The molecule has 0 spiro atoms. The summed E-state index contributed by atoms with van der Waals surface area (Å²) in [6.45, 7) is 1.85. The maximum Gasteiger partial charge on any atom is 0.163 e. The van der Waals surface area contributed by atoms with Crippen LogP contribution in [0.15, 0.2) is 19.0 Å². The van der Waals surface area contributed by atoms with Crippen molar-refractivity contribution in [2.75, 3.05) is 5.43 Å². The summed E-state index contributed by atoms with van der Waals surface area (Å²) in [4.78, 5) is 11.9. The zero-order valence-corrected chi connectivity index (χ0v) is 7.55. The van der Waals surface area contributed by atoms with Crippen LogP contribution in [0.25, 0.3) is 5.82 Å². The van der Waals surface area contributed by atoms with E-state index in [0.29, 0.717) is 11.6 Å². The average molecular weight is 191 g/mol. The lowest BCUT2D eigenvalue weighted by molar-refractivity contribution is 0.828. The summed E-state index contributed by atoms with van der Waals surface area (Å²) in [6.07, 6.45) is 4.42. The second kappa shape index (κ2) is 3.38. The van der Waals surface area contributed by atoms with Crippen molar-refractivity contribution in [2.24, 2.45) is 5.84 Å². The molecule has 0 fully saturated rings. The fourth-order valence-electron chi connectivity index (χ4n) is 1.13. The van der Waals surface area contributed by atoms with E-state index in [4.69, 9.17) is 5.84 Å². The molecule has 0 aliphatic rings. The van der Waals surface area contributed by atoms with Gasteiger partial charge in [-0.3, -0.25) is 0 Å². The molecule has 2 rings (SSSR count). The van der Waals surface area contributed by atoms with Gasteiger partial charge in [0, 0.05) is 5.56 Å². The maximum absolute atomic E-state index is 5.29. The minimum Gasteiger partial charge on any atom is -0.308 e. The van der Waals surface area contributed by atoms with Gasteiger partial charge in [0.2, 0.25) is 0 Å². The molecular formula is C7H9N7. The zero-order valence-electron chi connectivity index (χ0n) is 7.55. The first kappa shape index (κ1) is 8.57. The summed E-state index contributed by atoms with van der Waals surface area (Å²) >= 11 is 0. The van der Waals surface area contributed by atoms with Gasteiger partial charge in [0.25, 0.3) is 0 Å². The number of aromatic nitrogens is 5. The molecule has 7 nitrogen and oxygen atoms in total. The van der Waals surface area contributed by atoms with Crippen LogP contribution in [0.5, 0.6) is 0 Å². The summed E-state index contributed by atoms with van der Waals surface area (Å²) in [7, 11) is 0. The summed E-state index contributed by atoms with van der Waals surface area (Å²) < 4.78 is 1.55. The molecule has 7 heteroatoms. The van der Waals surface area contributed by atoms with E-state index in [9.17, 15) is 0 Å². The molecule has 0 amide bonds. The van der Waals surface area contributed by atoms with Gasteiger partial charge in [-0.1, -0.05) is 0 Å². The van der Waals surface area contributed by atoms with Crippen LogP contribution in [-0.4, -0.2) is 24.7 Å². The first-order chi connectivity index (χ1) is 6.83. The first-order valence-electron chi connectivity index (χ1n) is 3.96. The zero-order chi connectivity index (χ0) is 9.97. The normalized spacial score (nSPS) is 10.1. The number of hydrogen-bond acceptors (Lipinski definition) is 6. The van der Waals surface area contributed by atoms with Gasteiger partial charge in [-0.05, 0) is 6.92 Å². The fraction of sp³-hybridized carbons (Fsp3) is 0.143. The molecule has 0 saturated heterocycles. The van der Waals surface area contributed by atoms with Crippen molar-refractivity contribution < 1.29 is 0 Å². The largest absolute Gasteiger partial charge is 0.308 e. The average Bonchev–Trinajstić information content (AvgIpc) is 2.71. The van der Waals surface area contributed by atoms with Crippen molar-refractivity contribution >= 4 is 5.82 Å². The summed E-state index contributed by atoms with van der Waals surface area (Å²) in [6, 6.07) is 0. The Morgan fingerprint density at radius 2 is 2.21 bits per heavy atom. The van der Waals surface area contributed by atoms with Crippen LogP contribution in [0.4, 0.5) is 5.82 Å². The lowest BCUT2D eigenvalue weighted by atomic mass is 10.3. The van der Waals surface area contributed by atoms with Gasteiger partial charge in [-0.25, -0.2) is 25.5 Å². The van der Waals surface area contributed by atoms with Crippen molar-refractivity contribution in [2.45, 2.75) is 6.92 Å². The van der Waals surface area contributed by atoms with E-state index in [1.165, 1.54) is 12.7 Å². The van der Waals surface area contributed by atoms with Crippen molar-refractivity contribution in [3.05, 3.63) is 24.5 Å². The van der Waals surface area contributed by atoms with Crippen molar-refractivity contribution in [3.63, 3.8) is 0 Å². The molecule has 0 saturated carbocycles. The summed E-state index contributed by atoms with van der Waals surface area (Å²) in [5.74, 6) is 6.52. The second-order valence-electron chi connectivity index (χ2n) is 2.66. The molecule has 14 heavy (non-hydrogen) atoms. The van der Waals surface area contributed by atoms with Crippen molar-refractivity contribution in [1.29, 1.82) is 0 Å². The molecule has 2 heterocycles. The Bertz CT molecular complexity index is 422. The van der Waals surface area contributed by atoms with Crippen LogP contribution in [0.2, 0.25) is 0 Å². The summed E-state index contributed by atoms with van der Waals surface area (Å²) in [5.41, 5.74) is 3.30. The highest BCUT2D eigenvalue weighted by molar-refractivity contribution is 5.49. The third-order valence-electron chi connectivity index (χ3n) is 1.83. The highest BCUT2D eigenvalue weighted by Gasteiger charge is 2.07. The number of nitrogens with two attached hydrogens (primary N) is 1. The minimum atomic E-state index is 0.575. The second-order valence-corrected chi connectivity index (χ2v) is 2.66. The Morgan fingerprint density at radius 1 is 1.36 bits per heavy atom. The molecule has 2 aromatic rings. The minimum absolute atomic E-state index is 0.575. The van der Waals surface area contributed by atoms with E-state index in [1.807, 2.05) is 6.92 Å². The fourth-order valence-corrected chi connectivity index (χ4v) is 1.13. The highest BCUT2D eigenvalue weighted by Crippen LogP contribution is 2.14. The number of nitrogen functional groups attached to an aromatic ring is 1. The summed E-state index contributed by atoms with van der Waals surface area (Å²) in [5, 5.41) is 3.97. The molecule has 0 bridgehead atoms. The number of rotatable bonds is 2. The molecule has 0 radical (unpaired) electrons. The van der Waals surface area contributed by atoms with Gasteiger partial charge >= 0.3 is 0 Å². The Labute approximate surface area is 80.0 Å². The van der Waals surface area contributed by atoms with Gasteiger partial charge < -0.3 is 5.43 Å². The molecule has 72 valence electrons. The molecule has 0 aromatic carbocycles. The van der Waals surface area contributed by atoms with E-state index in [1.54, 1.807) is 11.0 Å². The topological polar surface area (TPSA) is 94.5 Å². The van der Waals surface area contributed by atoms with Gasteiger partial charge in [0.15, 0.2) is 5.82 Å². The van der Waals surface area contributed by atoms with E-state index in [2.05, 4.69) is 25.5 Å². The van der Waals surface area contributed by atoms with E-state index in [-0.39, 0.29) is 0 Å². The van der Waals surface area contributed by atoms with Crippen LogP contribution >= 0.6 is 0 Å². The third-order valence-corrected chi connectivity index (χ3v) is 1.83. The number of nitrogens with zero attached hydrogens (tertiary/aromatic N) is 5. The van der Waals surface area contributed by atoms with E-state index in [0.717, 1.165) is 5.56 Å². The number of nitrogens with one attached hydrogen (secondary N) is 1. The van der Waals surface area contributed by atoms with Crippen molar-refractivity contribution in [1.82, 2.24) is 24.7 Å². The van der Waals surface area contributed by atoms with Gasteiger partial charge in [-0.15, -0.1) is 0 Å². The molecule has 0 atom stereocenters. The van der Waals surface area contributed by atoms with Gasteiger partial charge in [-0.2, -0.15) is 5.10 Å². The molecular weight excluding hydrogens is 182 g/mol. The molecule has 2 aromatic heterocycles. The Kier molecular flexibility index (Phi) is 2.07. The van der Waals surface area contributed by atoms with E-state index < -0.39 is 0 Å². The predicted molar refractivity (Wildman–Crippen MR) is 49.5 cm³/mol. The van der Waals surface area contributed by atoms with Crippen LogP contribution in [0.3, 0.4) is 0 Å². The lowest BCUT2D eigenvalue weighted by Crippen LogP contribution is -2.12. The predicted octanol–water partition coefficient (Wildman–Crippen LogP) is -0.349. The van der Waals surface area contributed by atoms with Crippen molar-refractivity contribution in [3.8, 4) is 5.82 Å². The molecule has 0 aliphatic heterocycles. The molecule has 0 aliphatic carbocycles. The van der Waals surface area contributed by atoms with Gasteiger partial charge in [0.1, 0.15) is 24.8 Å².